The number of rotatable bonds is 11. The van der Waals surface area contributed by atoms with Gasteiger partial charge in [0.15, 0.2) is 13.1 Å². The van der Waals surface area contributed by atoms with Crippen LogP contribution in [0.1, 0.15) is 54.5 Å². The topological polar surface area (TPSA) is 74.2 Å². The molecule has 1 atom stereocenters. The average molecular weight is 436 g/mol. The summed E-state index contributed by atoms with van der Waals surface area (Å²) in [5.74, 6) is 1.73. The molecule has 0 fully saturated rings. The maximum Gasteiger partial charge on any atom is 0.365 e. The van der Waals surface area contributed by atoms with Crippen molar-refractivity contribution >= 4 is 7.60 Å². The highest BCUT2D eigenvalue weighted by Crippen LogP contribution is 2.42. The molecular formula is C23H33O6P. The molecule has 0 saturated heterocycles. The van der Waals surface area contributed by atoms with Crippen LogP contribution < -0.4 is 9.47 Å². The molecule has 0 aliphatic rings. The Morgan fingerprint density at radius 3 is 2.30 bits per heavy atom. The molecule has 0 saturated carbocycles. The van der Waals surface area contributed by atoms with E-state index in [2.05, 4.69) is 26.0 Å². The normalized spacial score (nSPS) is 13.3. The summed E-state index contributed by atoms with van der Waals surface area (Å²) in [5.41, 5.74) is 5.69. The van der Waals surface area contributed by atoms with Crippen molar-refractivity contribution in [1.29, 1.82) is 0 Å². The summed E-state index contributed by atoms with van der Waals surface area (Å²) in [6.45, 7) is 10.4. The van der Waals surface area contributed by atoms with Crippen LogP contribution in [-0.2, 0) is 20.2 Å². The summed E-state index contributed by atoms with van der Waals surface area (Å²) in [7, 11) is -2.12. The smallest absolute Gasteiger partial charge is 0.365 e. The Labute approximate surface area is 179 Å². The van der Waals surface area contributed by atoms with E-state index in [9.17, 15) is 9.46 Å². The molecule has 0 heterocycles. The van der Waals surface area contributed by atoms with Crippen molar-refractivity contribution in [1.82, 2.24) is 0 Å². The Balaban J connectivity index is 2.20. The summed E-state index contributed by atoms with van der Waals surface area (Å²) < 4.78 is 32.9. The molecule has 0 aliphatic carbocycles. The predicted octanol–water partition coefficient (Wildman–Crippen LogP) is 5.56. The van der Waals surface area contributed by atoms with Gasteiger partial charge in [-0.2, -0.15) is 0 Å². The summed E-state index contributed by atoms with van der Waals surface area (Å²) >= 11 is 0. The molecule has 2 rings (SSSR count). The van der Waals surface area contributed by atoms with Gasteiger partial charge in [0.1, 0.15) is 11.5 Å². The largest absolute Gasteiger partial charge is 0.481 e. The molecule has 0 aromatic heterocycles. The number of ether oxygens (including phenoxy) is 3. The highest BCUT2D eigenvalue weighted by molar-refractivity contribution is 7.52. The minimum absolute atomic E-state index is 0.168. The van der Waals surface area contributed by atoms with Gasteiger partial charge in [0.25, 0.3) is 0 Å². The van der Waals surface area contributed by atoms with Crippen molar-refractivity contribution in [3.05, 3.63) is 58.1 Å². The second-order valence-electron chi connectivity index (χ2n) is 7.62. The van der Waals surface area contributed by atoms with Gasteiger partial charge in [-0.3, -0.25) is 4.57 Å². The number of methoxy groups -OCH3 is 1. The summed E-state index contributed by atoms with van der Waals surface area (Å²) in [6.07, 6.45) is 0.416. The lowest BCUT2D eigenvalue weighted by atomic mass is 9.93. The summed E-state index contributed by atoms with van der Waals surface area (Å²) in [4.78, 5) is 9.70. The van der Waals surface area contributed by atoms with Gasteiger partial charge < -0.3 is 23.6 Å². The van der Waals surface area contributed by atoms with Crippen LogP contribution in [0, 0.1) is 13.8 Å². The Bertz CT molecular complexity index is 870. The number of hydrogen-bond donors (Lipinski definition) is 1. The Morgan fingerprint density at radius 2 is 1.73 bits per heavy atom. The second-order valence-corrected chi connectivity index (χ2v) is 9.41. The fourth-order valence-corrected chi connectivity index (χ4v) is 4.12. The molecule has 0 aliphatic heterocycles. The van der Waals surface area contributed by atoms with Crippen LogP contribution in [0.2, 0.25) is 0 Å². The Kier molecular flexibility index (Phi) is 8.92. The predicted molar refractivity (Wildman–Crippen MR) is 119 cm³/mol. The van der Waals surface area contributed by atoms with Crippen molar-refractivity contribution in [3.8, 4) is 11.5 Å². The molecule has 7 heteroatoms. The standard InChI is InChI=1S/C23H33O6P/c1-7-29-30(24,25)15-28-20-10-17(4)22(18(5)11-20)13-19-8-9-23(27-14-26-6)21(12-19)16(2)3/h8-12,16H,7,13-15H2,1-6H3,(H,24,25). The van der Waals surface area contributed by atoms with Crippen LogP contribution in [0.3, 0.4) is 0 Å². The van der Waals surface area contributed by atoms with E-state index >= 15 is 0 Å². The van der Waals surface area contributed by atoms with Crippen LogP contribution in [-0.4, -0.2) is 31.8 Å². The van der Waals surface area contributed by atoms with Gasteiger partial charge in [0.2, 0.25) is 0 Å². The first-order valence-electron chi connectivity index (χ1n) is 10.1. The van der Waals surface area contributed by atoms with E-state index in [0.29, 0.717) is 11.7 Å². The molecule has 0 radical (unpaired) electrons. The van der Waals surface area contributed by atoms with E-state index < -0.39 is 7.60 Å². The van der Waals surface area contributed by atoms with Crippen LogP contribution in [0.25, 0.3) is 0 Å². The molecule has 0 spiro atoms. The highest BCUT2D eigenvalue weighted by atomic mass is 31.2. The third-order valence-corrected chi connectivity index (χ3v) is 5.92. The SMILES string of the molecule is CCOP(=O)(O)COc1cc(C)c(Cc2ccc(OCOC)c(C(C)C)c2)c(C)c1. The first-order chi connectivity index (χ1) is 14.2. The fraction of sp³-hybridized carbons (Fsp3) is 0.478. The molecule has 1 N–H and O–H groups in total. The monoisotopic (exact) mass is 436 g/mol. The van der Waals surface area contributed by atoms with Crippen molar-refractivity contribution in [2.45, 2.75) is 47.0 Å². The van der Waals surface area contributed by atoms with Crippen molar-refractivity contribution in [3.63, 3.8) is 0 Å². The van der Waals surface area contributed by atoms with Gasteiger partial charge in [-0.25, -0.2) is 0 Å². The zero-order valence-electron chi connectivity index (χ0n) is 18.7. The zero-order valence-corrected chi connectivity index (χ0v) is 19.6. The maximum absolute atomic E-state index is 11.8. The van der Waals surface area contributed by atoms with Crippen LogP contribution in [0.5, 0.6) is 11.5 Å². The van der Waals surface area contributed by atoms with Crippen molar-refractivity contribution < 1.29 is 28.2 Å². The number of aryl methyl sites for hydroxylation is 2. The maximum atomic E-state index is 11.8. The molecule has 2 aromatic carbocycles. The highest BCUT2D eigenvalue weighted by Gasteiger charge is 2.20. The van der Waals surface area contributed by atoms with Crippen LogP contribution >= 0.6 is 7.60 Å². The lowest BCUT2D eigenvalue weighted by molar-refractivity contribution is 0.0502. The van der Waals surface area contributed by atoms with Gasteiger partial charge in [-0.15, -0.1) is 0 Å². The fourth-order valence-electron chi connectivity index (χ4n) is 3.33. The molecule has 0 bridgehead atoms. The molecule has 1 unspecified atom stereocenters. The number of hydrogen-bond acceptors (Lipinski definition) is 5. The molecule has 30 heavy (non-hydrogen) atoms. The average Bonchev–Trinajstić information content (AvgIpc) is 2.68. The molecule has 0 amide bonds. The quantitative estimate of drug-likeness (QED) is 0.367. The summed E-state index contributed by atoms with van der Waals surface area (Å²) in [6, 6.07) is 10.0. The summed E-state index contributed by atoms with van der Waals surface area (Å²) in [5, 5.41) is 0. The Morgan fingerprint density at radius 1 is 1.07 bits per heavy atom. The second kappa shape index (κ2) is 11.0. The van der Waals surface area contributed by atoms with Crippen LogP contribution in [0.4, 0.5) is 0 Å². The van der Waals surface area contributed by atoms with E-state index in [0.717, 1.165) is 28.9 Å². The van der Waals surface area contributed by atoms with Gasteiger partial charge in [-0.05, 0) is 79.1 Å². The molecule has 6 nitrogen and oxygen atoms in total. The van der Waals surface area contributed by atoms with Gasteiger partial charge in [0.05, 0.1) is 6.61 Å². The minimum Gasteiger partial charge on any atom is -0.481 e. The van der Waals surface area contributed by atoms with E-state index in [1.165, 1.54) is 11.1 Å². The molecular weight excluding hydrogens is 403 g/mol. The lowest BCUT2D eigenvalue weighted by Gasteiger charge is -2.18. The minimum atomic E-state index is -3.73. The third-order valence-electron chi connectivity index (χ3n) is 4.80. The van der Waals surface area contributed by atoms with E-state index in [1.807, 2.05) is 32.0 Å². The van der Waals surface area contributed by atoms with Crippen LogP contribution in [0.15, 0.2) is 30.3 Å². The van der Waals surface area contributed by atoms with Crippen molar-refractivity contribution in [2.24, 2.45) is 0 Å². The van der Waals surface area contributed by atoms with Gasteiger partial charge in [-0.1, -0.05) is 26.0 Å². The van der Waals surface area contributed by atoms with E-state index in [4.69, 9.17) is 18.7 Å². The van der Waals surface area contributed by atoms with Crippen molar-refractivity contribution in [2.75, 3.05) is 26.9 Å². The van der Waals surface area contributed by atoms with Gasteiger partial charge >= 0.3 is 7.60 Å². The third kappa shape index (κ3) is 6.85. The molecule has 166 valence electrons. The van der Waals surface area contributed by atoms with E-state index in [-0.39, 0.29) is 19.7 Å². The first-order valence-corrected chi connectivity index (χ1v) is 11.9. The van der Waals surface area contributed by atoms with Gasteiger partial charge in [0, 0.05) is 7.11 Å². The Hall–Kier alpha value is -1.85. The van der Waals surface area contributed by atoms with E-state index in [1.54, 1.807) is 14.0 Å². The zero-order chi connectivity index (χ0) is 22.3. The number of benzene rings is 2. The first kappa shape index (κ1) is 24.4. The molecule has 2 aromatic rings. The lowest BCUT2D eigenvalue weighted by Crippen LogP contribution is -2.05.